The molecular weight excluding hydrogens is 527 g/mol. The van der Waals surface area contributed by atoms with Crippen LogP contribution in [0.4, 0.5) is 24.5 Å². The number of ether oxygens (including phenoxy) is 1. The molecule has 1 fully saturated rings. The van der Waals surface area contributed by atoms with Crippen LogP contribution >= 0.6 is 0 Å². The van der Waals surface area contributed by atoms with E-state index in [1.54, 1.807) is 24.3 Å². The number of pyridine rings is 1. The number of hydrogen-bond donors (Lipinski definition) is 5. The van der Waals surface area contributed by atoms with E-state index < -0.39 is 47.9 Å². The van der Waals surface area contributed by atoms with Gasteiger partial charge in [0.2, 0.25) is 12.1 Å². The lowest BCUT2D eigenvalue weighted by Gasteiger charge is -2.34. The maximum atomic E-state index is 13.3. The van der Waals surface area contributed by atoms with Crippen LogP contribution in [0.2, 0.25) is 0 Å². The number of hydrogen-bond acceptors (Lipinski definition) is 8. The zero-order valence-electron chi connectivity index (χ0n) is 20.8. The van der Waals surface area contributed by atoms with Crippen LogP contribution in [0.15, 0.2) is 76.8 Å². The van der Waals surface area contributed by atoms with Crippen LogP contribution in [-0.2, 0) is 15.7 Å². The van der Waals surface area contributed by atoms with Gasteiger partial charge in [-0.15, -0.1) is 0 Å². The van der Waals surface area contributed by atoms with Crippen molar-refractivity contribution in [3.8, 4) is 0 Å². The van der Waals surface area contributed by atoms with Gasteiger partial charge in [-0.25, -0.2) is 9.98 Å². The molecule has 0 bridgehead atoms. The summed E-state index contributed by atoms with van der Waals surface area (Å²) in [6.07, 6.45) is -5.24. The van der Waals surface area contributed by atoms with Crippen LogP contribution in [0.25, 0.3) is 0 Å². The largest absolute Gasteiger partial charge is 0.417 e. The quantitative estimate of drug-likeness (QED) is 0.241. The molecule has 13 heteroatoms. The van der Waals surface area contributed by atoms with Crippen LogP contribution in [0.3, 0.4) is 0 Å². The maximum Gasteiger partial charge on any atom is 0.417 e. The summed E-state index contributed by atoms with van der Waals surface area (Å²) in [7, 11) is 0. The Morgan fingerprint density at radius 2 is 1.88 bits per heavy atom. The van der Waals surface area contributed by atoms with Crippen molar-refractivity contribution in [2.75, 3.05) is 10.6 Å². The molecule has 1 amide bonds. The number of nitrogens with zero attached hydrogens (tertiary/aromatic N) is 3. The molecule has 3 unspecified atom stereocenters. The number of benzodiazepines with no additional fused rings is 1. The van der Waals surface area contributed by atoms with Crippen molar-refractivity contribution in [2.45, 2.75) is 37.3 Å². The fraction of sp³-hybridized carbons (Fsp3) is 0.222. The number of aromatic nitrogens is 1. The third kappa shape index (κ3) is 5.64. The van der Waals surface area contributed by atoms with Gasteiger partial charge in [-0.05, 0) is 25.0 Å². The molecule has 2 heterocycles. The highest BCUT2D eigenvalue weighted by molar-refractivity contribution is 6.19. The van der Waals surface area contributed by atoms with E-state index in [0.717, 1.165) is 11.6 Å². The maximum absolute atomic E-state index is 13.3. The summed E-state index contributed by atoms with van der Waals surface area (Å²) in [5, 5.41) is 23.8. The van der Waals surface area contributed by atoms with E-state index in [9.17, 15) is 23.1 Å². The minimum Gasteiger partial charge on any atom is -0.405 e. The first-order chi connectivity index (χ1) is 19.1. The number of alkyl halides is 3. The average Bonchev–Trinajstić information content (AvgIpc) is 3.06. The summed E-state index contributed by atoms with van der Waals surface area (Å²) in [6, 6.07) is 15.9. The zero-order chi connectivity index (χ0) is 28.4. The molecule has 1 aliphatic heterocycles. The van der Waals surface area contributed by atoms with E-state index in [2.05, 4.69) is 25.6 Å². The van der Waals surface area contributed by atoms with Crippen LogP contribution in [-0.4, -0.2) is 51.9 Å². The Kier molecular flexibility index (Phi) is 7.22. The standard InChI is InChI=1S/C27H24F3N7O3/c28-27(29,30)15-12-19(34-18-10-11-20(18)38)22(33-13-15)23(31)40-26(32)37-24-25(39)35-17-9-5-4-8-16(17)21(36-24)14-6-2-1-3-7-14/h1-9,12-13,18,20,24,31,34,38H,10-11H2,(H2,32,37)(H,35,39). The second-order valence-corrected chi connectivity index (χ2v) is 9.16. The summed E-state index contributed by atoms with van der Waals surface area (Å²) in [5.41, 5.74) is 6.81. The first-order valence-electron chi connectivity index (χ1n) is 12.3. The number of benzene rings is 2. The van der Waals surface area contributed by atoms with Gasteiger partial charge in [0.1, 0.15) is 5.69 Å². The highest BCUT2D eigenvalue weighted by atomic mass is 19.4. The zero-order valence-corrected chi connectivity index (χ0v) is 20.8. The Morgan fingerprint density at radius 3 is 2.55 bits per heavy atom. The smallest absolute Gasteiger partial charge is 0.405 e. The fourth-order valence-electron chi connectivity index (χ4n) is 4.22. The first-order valence-corrected chi connectivity index (χ1v) is 12.3. The third-order valence-electron chi connectivity index (χ3n) is 6.44. The molecule has 3 atom stereocenters. The number of nitrogens with two attached hydrogens (primary N) is 1. The van der Waals surface area contributed by atoms with Gasteiger partial charge in [0.05, 0.1) is 34.8 Å². The van der Waals surface area contributed by atoms with E-state index >= 15 is 0 Å². The lowest BCUT2D eigenvalue weighted by Crippen LogP contribution is -2.43. The summed E-state index contributed by atoms with van der Waals surface area (Å²) in [4.78, 5) is 25.3. The topological polar surface area (TPSA) is 158 Å². The normalized spacial score (nSPS) is 20.8. The van der Waals surface area contributed by atoms with Crippen molar-refractivity contribution in [3.63, 3.8) is 0 Å². The predicted octanol–water partition coefficient (Wildman–Crippen LogP) is 3.51. The van der Waals surface area contributed by atoms with E-state index in [1.165, 1.54) is 0 Å². The fourth-order valence-corrected chi connectivity index (χ4v) is 4.22. The minimum absolute atomic E-state index is 0.164. The van der Waals surface area contributed by atoms with E-state index in [0.29, 0.717) is 36.0 Å². The molecule has 2 aromatic carbocycles. The number of carbonyl (C=O) groups is 1. The monoisotopic (exact) mass is 551 g/mol. The second-order valence-electron chi connectivity index (χ2n) is 9.16. The average molecular weight is 552 g/mol. The summed E-state index contributed by atoms with van der Waals surface area (Å²) >= 11 is 0. The first kappa shape index (κ1) is 26.8. The van der Waals surface area contributed by atoms with Gasteiger partial charge in [0, 0.05) is 17.3 Å². The predicted molar refractivity (Wildman–Crippen MR) is 142 cm³/mol. The Balaban J connectivity index is 1.43. The highest BCUT2D eigenvalue weighted by Gasteiger charge is 2.35. The number of nitrogens with one attached hydrogen (secondary N) is 3. The highest BCUT2D eigenvalue weighted by Crippen LogP contribution is 2.33. The Morgan fingerprint density at radius 1 is 1.15 bits per heavy atom. The minimum atomic E-state index is -4.68. The van der Waals surface area contributed by atoms with Crippen LogP contribution in [0.5, 0.6) is 0 Å². The molecule has 10 nitrogen and oxygen atoms in total. The van der Waals surface area contributed by atoms with Crippen LogP contribution in [0, 0.1) is 5.41 Å². The number of carbonyl (C=O) groups excluding carboxylic acids is 1. The number of aliphatic hydroxyl groups excluding tert-OH is 1. The summed E-state index contributed by atoms with van der Waals surface area (Å²) in [5.74, 6) is -1.32. The van der Waals surface area contributed by atoms with Crippen molar-refractivity contribution < 1.29 is 27.8 Å². The van der Waals surface area contributed by atoms with Gasteiger partial charge in [-0.3, -0.25) is 10.2 Å². The molecule has 3 aromatic rings. The Bertz CT molecular complexity index is 1510. The van der Waals surface area contributed by atoms with Crippen molar-refractivity contribution >= 4 is 34.9 Å². The number of halogens is 3. The van der Waals surface area contributed by atoms with Gasteiger partial charge in [0.15, 0.2) is 0 Å². The number of amidine groups is 1. The van der Waals surface area contributed by atoms with Crippen LogP contribution < -0.4 is 16.4 Å². The molecule has 1 aliphatic carbocycles. The number of rotatable bonds is 5. The number of para-hydroxylation sites is 1. The molecular formula is C27H24F3N7O3. The molecule has 1 aromatic heterocycles. The molecule has 206 valence electrons. The third-order valence-corrected chi connectivity index (χ3v) is 6.44. The Labute approximate surface area is 226 Å². The van der Waals surface area contributed by atoms with Crippen molar-refractivity contribution in [1.82, 2.24) is 4.98 Å². The summed E-state index contributed by atoms with van der Waals surface area (Å²) in [6.45, 7) is 0. The number of anilines is 2. The number of fused-ring (bicyclic) bond motifs is 1. The lowest BCUT2D eigenvalue weighted by molar-refractivity contribution is -0.137. The molecule has 6 N–H and O–H groups in total. The van der Waals surface area contributed by atoms with E-state index in [-0.39, 0.29) is 11.4 Å². The number of amides is 1. The molecule has 5 rings (SSSR count). The molecule has 0 spiro atoms. The lowest BCUT2D eigenvalue weighted by atomic mass is 9.89. The van der Waals surface area contributed by atoms with Gasteiger partial charge in [0.25, 0.3) is 11.9 Å². The molecule has 2 aliphatic rings. The van der Waals surface area contributed by atoms with Gasteiger partial charge in [-0.1, -0.05) is 48.5 Å². The molecule has 0 saturated heterocycles. The van der Waals surface area contributed by atoms with Gasteiger partial charge in [-0.2, -0.15) is 18.2 Å². The summed E-state index contributed by atoms with van der Waals surface area (Å²) < 4.78 is 45.2. The number of aliphatic imine (C=N–C) groups is 2. The van der Waals surface area contributed by atoms with Crippen molar-refractivity contribution in [3.05, 3.63) is 89.2 Å². The molecule has 0 radical (unpaired) electrons. The number of aliphatic hydroxyl groups is 1. The second kappa shape index (κ2) is 10.8. The Hall–Kier alpha value is -4.78. The van der Waals surface area contributed by atoms with Crippen molar-refractivity contribution in [2.24, 2.45) is 15.7 Å². The van der Waals surface area contributed by atoms with Crippen LogP contribution in [0.1, 0.15) is 35.2 Å². The van der Waals surface area contributed by atoms with Gasteiger partial charge >= 0.3 is 6.18 Å². The molecule has 1 saturated carbocycles. The molecule has 40 heavy (non-hydrogen) atoms. The SMILES string of the molecule is N=C(O/C(N)=N/C1N=C(c2ccccc2)c2ccccc2NC1=O)c1ncc(C(F)(F)F)cc1NC1CCC1O. The van der Waals surface area contributed by atoms with Gasteiger partial charge < -0.3 is 26.2 Å². The van der Waals surface area contributed by atoms with Crippen molar-refractivity contribution in [1.29, 1.82) is 5.41 Å². The van der Waals surface area contributed by atoms with E-state index in [1.807, 2.05) is 30.3 Å². The van der Waals surface area contributed by atoms with E-state index in [4.69, 9.17) is 15.9 Å².